The monoisotopic (exact) mass is 658 g/mol. The first-order valence-corrected chi connectivity index (χ1v) is 16.8. The summed E-state index contributed by atoms with van der Waals surface area (Å²) in [5.41, 5.74) is 3.61. The molecule has 0 aliphatic carbocycles. The van der Waals surface area contributed by atoms with Crippen molar-refractivity contribution in [2.75, 3.05) is 31.5 Å². The van der Waals surface area contributed by atoms with Crippen molar-refractivity contribution in [2.45, 2.75) is 51.2 Å². The third kappa shape index (κ3) is 7.43. The Bertz CT molecular complexity index is 1720. The molecule has 44 heavy (non-hydrogen) atoms. The number of H-pyrrole nitrogens is 1. The minimum absolute atomic E-state index is 0.00309. The molecule has 1 aliphatic rings. The van der Waals surface area contributed by atoms with Crippen molar-refractivity contribution >= 4 is 68.0 Å². The number of hydrogen-bond donors (Lipinski definition) is 3. The Morgan fingerprint density at radius 3 is 2.36 bits per heavy atom. The first kappa shape index (κ1) is 33.5. The Morgan fingerprint density at radius 1 is 1.05 bits per heavy atom. The molecule has 3 N–H and O–H groups in total. The van der Waals surface area contributed by atoms with Crippen molar-refractivity contribution in [3.8, 4) is 0 Å². The van der Waals surface area contributed by atoms with Crippen LogP contribution in [0.15, 0.2) is 41.3 Å². The van der Waals surface area contributed by atoms with Crippen LogP contribution in [0.5, 0.6) is 0 Å². The molecule has 2 heterocycles. The number of likely N-dealkylation sites (N-methyl/N-ethyl adjacent to an activating group) is 1. The van der Waals surface area contributed by atoms with E-state index in [0.29, 0.717) is 45.9 Å². The second-order valence-corrected chi connectivity index (χ2v) is 13.4. The minimum atomic E-state index is -3.89. The topological polar surface area (TPSA) is 128 Å². The number of carbonyl (C=O) groups excluding carboxylic acids is 3. The van der Waals surface area contributed by atoms with Crippen molar-refractivity contribution in [1.29, 1.82) is 0 Å². The fourth-order valence-corrected chi connectivity index (χ4v) is 7.49. The zero-order valence-corrected chi connectivity index (χ0v) is 27.5. The molecule has 234 valence electrons. The van der Waals surface area contributed by atoms with E-state index in [4.69, 9.17) is 23.2 Å². The van der Waals surface area contributed by atoms with Gasteiger partial charge in [0.05, 0.1) is 16.2 Å². The molecule has 2 amide bonds. The van der Waals surface area contributed by atoms with Gasteiger partial charge in [0.1, 0.15) is 0 Å². The summed E-state index contributed by atoms with van der Waals surface area (Å²) in [6.45, 7) is 10.4. The number of anilines is 1. The van der Waals surface area contributed by atoms with Crippen LogP contribution in [0.25, 0.3) is 11.6 Å². The van der Waals surface area contributed by atoms with Gasteiger partial charge in [0, 0.05) is 63.3 Å². The van der Waals surface area contributed by atoms with Gasteiger partial charge in [0.15, 0.2) is 15.6 Å². The quantitative estimate of drug-likeness (QED) is 0.160. The van der Waals surface area contributed by atoms with E-state index in [1.54, 1.807) is 37.3 Å². The van der Waals surface area contributed by atoms with E-state index in [0.717, 1.165) is 19.6 Å². The number of nitrogens with zero attached hydrogens (tertiary/aromatic N) is 1. The van der Waals surface area contributed by atoms with E-state index in [9.17, 15) is 22.8 Å². The lowest BCUT2D eigenvalue weighted by atomic mass is 9.98. The molecule has 12 heteroatoms. The summed E-state index contributed by atoms with van der Waals surface area (Å²) < 4.78 is 26.8. The number of aromatic amines is 1. The van der Waals surface area contributed by atoms with Gasteiger partial charge in [0.25, 0.3) is 5.91 Å². The van der Waals surface area contributed by atoms with E-state index in [1.165, 1.54) is 19.1 Å². The first-order valence-electron chi connectivity index (χ1n) is 14.4. The van der Waals surface area contributed by atoms with Crippen molar-refractivity contribution in [3.05, 3.63) is 80.1 Å². The molecule has 0 fully saturated rings. The summed E-state index contributed by atoms with van der Waals surface area (Å²) >= 11 is 12.5. The van der Waals surface area contributed by atoms with Crippen LogP contribution in [-0.2, 0) is 31.6 Å². The Balaban J connectivity index is 1.64. The number of carbonyl (C=O) groups is 3. The maximum atomic E-state index is 13.4. The van der Waals surface area contributed by atoms with Crippen molar-refractivity contribution in [3.63, 3.8) is 0 Å². The minimum Gasteiger partial charge on any atom is -0.358 e. The highest BCUT2D eigenvalue weighted by Crippen LogP contribution is 2.37. The number of aryl methyl sites for hydroxylation is 1. The van der Waals surface area contributed by atoms with E-state index in [1.807, 2.05) is 0 Å². The molecule has 2 aromatic carbocycles. The number of Topliss-reactive ketones (excluding diaryl/α,β-unsaturated/α-hetero) is 1. The number of ketones is 1. The van der Waals surface area contributed by atoms with Gasteiger partial charge in [-0.2, -0.15) is 0 Å². The highest BCUT2D eigenvalue weighted by atomic mass is 35.5. The van der Waals surface area contributed by atoms with Crippen LogP contribution in [0.3, 0.4) is 0 Å². The van der Waals surface area contributed by atoms with Gasteiger partial charge in [-0.1, -0.05) is 43.1 Å². The van der Waals surface area contributed by atoms with Gasteiger partial charge in [-0.25, -0.2) is 8.42 Å². The number of rotatable bonds is 13. The third-order valence-corrected chi connectivity index (χ3v) is 10.1. The number of nitrogens with one attached hydrogen (secondary N) is 3. The molecule has 0 unspecified atom stereocenters. The third-order valence-electron chi connectivity index (χ3n) is 7.74. The molecule has 0 atom stereocenters. The number of sulfone groups is 1. The van der Waals surface area contributed by atoms with Crippen molar-refractivity contribution in [2.24, 2.45) is 0 Å². The molecular weight excluding hydrogens is 623 g/mol. The maximum absolute atomic E-state index is 13.4. The number of hydrogen-bond acceptors (Lipinski definition) is 6. The van der Waals surface area contributed by atoms with E-state index in [-0.39, 0.29) is 45.0 Å². The first-order chi connectivity index (χ1) is 20.9. The number of benzene rings is 2. The zero-order chi connectivity index (χ0) is 32.2. The normalized spacial score (nSPS) is 13.8. The summed E-state index contributed by atoms with van der Waals surface area (Å²) in [7, 11) is -3.89. The molecule has 0 saturated carbocycles. The van der Waals surface area contributed by atoms with E-state index >= 15 is 0 Å². The lowest BCUT2D eigenvalue weighted by Gasteiger charge is -2.17. The van der Waals surface area contributed by atoms with Crippen LogP contribution in [0.2, 0.25) is 10.0 Å². The summed E-state index contributed by atoms with van der Waals surface area (Å²) in [4.78, 5) is 43.8. The lowest BCUT2D eigenvalue weighted by molar-refractivity contribution is -0.121. The predicted octanol–water partition coefficient (Wildman–Crippen LogP) is 5.69. The van der Waals surface area contributed by atoms with Gasteiger partial charge < -0.3 is 20.5 Å². The Hall–Kier alpha value is -3.44. The summed E-state index contributed by atoms with van der Waals surface area (Å²) in [5, 5.41) is 6.20. The van der Waals surface area contributed by atoms with Crippen LogP contribution < -0.4 is 10.6 Å². The van der Waals surface area contributed by atoms with Gasteiger partial charge in [-0.05, 0) is 75.3 Å². The highest BCUT2D eigenvalue weighted by molar-refractivity contribution is 7.90. The molecule has 0 radical (unpaired) electrons. The second-order valence-electron chi connectivity index (χ2n) is 10.6. The predicted molar refractivity (Wildman–Crippen MR) is 175 cm³/mol. The molecular formula is C32H36Cl2N4O5S. The summed E-state index contributed by atoms with van der Waals surface area (Å²) in [5.74, 6) is -1.13. The Morgan fingerprint density at radius 2 is 1.73 bits per heavy atom. The molecule has 9 nitrogen and oxygen atoms in total. The average Bonchev–Trinajstić information content (AvgIpc) is 3.46. The van der Waals surface area contributed by atoms with Crippen LogP contribution >= 0.6 is 23.2 Å². The van der Waals surface area contributed by atoms with E-state index < -0.39 is 21.5 Å². The van der Waals surface area contributed by atoms with Crippen molar-refractivity contribution in [1.82, 2.24) is 15.2 Å². The summed E-state index contributed by atoms with van der Waals surface area (Å²) in [6.07, 6.45) is 2.04. The standard InChI is InChI=1S/C32H36Cl2N4O5S/c1-5-38(6-2)15-14-35-30(40)13-11-22-29(36-19(3)31(22)20(4)39)17-24-23-16-21(10-12-28(23)37-32(24)41)44(42,43)18-25-26(33)8-7-9-27(25)34/h7-10,12,16-17,36H,5-6,11,13-15,18H2,1-4H3,(H,35,40)(H,37,41)/b24-17-. The SMILES string of the molecule is CCN(CC)CCNC(=O)CCc1c(/C=C2\C(=O)Nc3ccc(S(=O)(=O)Cc4c(Cl)cccc4Cl)cc32)[nH]c(C)c1C(C)=O. The van der Waals surface area contributed by atoms with Gasteiger partial charge >= 0.3 is 0 Å². The van der Waals surface area contributed by atoms with Gasteiger partial charge in [-0.15, -0.1) is 0 Å². The largest absolute Gasteiger partial charge is 0.358 e. The van der Waals surface area contributed by atoms with E-state index in [2.05, 4.69) is 34.4 Å². The number of amides is 2. The molecule has 1 aromatic heterocycles. The fraction of sp³-hybridized carbons (Fsp3) is 0.344. The number of aromatic nitrogens is 1. The smallest absolute Gasteiger partial charge is 0.256 e. The number of fused-ring (bicyclic) bond motifs is 1. The van der Waals surface area contributed by atoms with Gasteiger partial charge in [-0.3, -0.25) is 14.4 Å². The maximum Gasteiger partial charge on any atom is 0.256 e. The molecule has 4 rings (SSSR count). The zero-order valence-electron chi connectivity index (χ0n) is 25.1. The van der Waals surface area contributed by atoms with Crippen LogP contribution in [0.4, 0.5) is 5.69 Å². The Labute approximate surface area is 267 Å². The average molecular weight is 660 g/mol. The molecule has 1 aliphatic heterocycles. The molecule has 0 saturated heterocycles. The van der Waals surface area contributed by atoms with Crippen LogP contribution in [0.1, 0.15) is 65.6 Å². The number of halogens is 2. The summed E-state index contributed by atoms with van der Waals surface area (Å²) in [6, 6.07) is 9.21. The molecule has 3 aromatic rings. The van der Waals surface area contributed by atoms with Gasteiger partial charge in [0.2, 0.25) is 5.91 Å². The second kappa shape index (κ2) is 14.1. The van der Waals surface area contributed by atoms with Crippen molar-refractivity contribution < 1.29 is 22.8 Å². The fourth-order valence-electron chi connectivity index (χ4n) is 5.37. The highest BCUT2D eigenvalue weighted by Gasteiger charge is 2.29. The van der Waals surface area contributed by atoms with Crippen LogP contribution in [-0.4, -0.2) is 62.1 Å². The molecule has 0 bridgehead atoms. The van der Waals surface area contributed by atoms with Crippen LogP contribution in [0, 0.1) is 6.92 Å². The molecule has 0 spiro atoms. The lowest BCUT2D eigenvalue weighted by Crippen LogP contribution is -2.34. The Kier molecular flexibility index (Phi) is 10.7.